The standard InChI is InChI=1S/C15H25N3O2/c1-4-11-13(19)16-15(2,3)14(20)18(11)12-9-17-7-5-10(12)6-8-17/h10-12H,4-9H2,1-3H3,(H,16,19). The van der Waals surface area contributed by atoms with Crippen LogP contribution in [-0.4, -0.2) is 58.9 Å². The second-order valence-corrected chi connectivity index (χ2v) is 6.96. The summed E-state index contributed by atoms with van der Waals surface area (Å²) >= 11 is 0. The van der Waals surface area contributed by atoms with Crippen LogP contribution in [0.5, 0.6) is 0 Å². The van der Waals surface area contributed by atoms with Crippen LogP contribution in [0.4, 0.5) is 0 Å². The van der Waals surface area contributed by atoms with E-state index in [1.54, 1.807) is 0 Å². The smallest absolute Gasteiger partial charge is 0.248 e. The van der Waals surface area contributed by atoms with Gasteiger partial charge in [-0.2, -0.15) is 0 Å². The quantitative estimate of drug-likeness (QED) is 0.805. The zero-order chi connectivity index (χ0) is 14.5. The summed E-state index contributed by atoms with van der Waals surface area (Å²) in [7, 11) is 0. The molecule has 2 bridgehead atoms. The summed E-state index contributed by atoms with van der Waals surface area (Å²) in [5.41, 5.74) is -0.769. The lowest BCUT2D eigenvalue weighted by Gasteiger charge is -2.54. The number of carbonyl (C=O) groups excluding carboxylic acids is 2. The summed E-state index contributed by atoms with van der Waals surface area (Å²) in [5.74, 6) is 0.663. The number of nitrogens with one attached hydrogen (secondary N) is 1. The van der Waals surface area contributed by atoms with Gasteiger partial charge in [0, 0.05) is 12.6 Å². The number of hydrogen-bond acceptors (Lipinski definition) is 3. The lowest BCUT2D eigenvalue weighted by Crippen LogP contribution is -2.73. The van der Waals surface area contributed by atoms with E-state index in [4.69, 9.17) is 0 Å². The van der Waals surface area contributed by atoms with Gasteiger partial charge in [-0.25, -0.2) is 0 Å². The maximum absolute atomic E-state index is 12.8. The van der Waals surface area contributed by atoms with Gasteiger partial charge in [0.1, 0.15) is 11.6 Å². The van der Waals surface area contributed by atoms with Crippen LogP contribution in [-0.2, 0) is 9.59 Å². The van der Waals surface area contributed by atoms with Gasteiger partial charge in [-0.3, -0.25) is 9.59 Å². The number of fused-ring (bicyclic) bond motifs is 3. The van der Waals surface area contributed by atoms with Crippen molar-refractivity contribution in [3.05, 3.63) is 0 Å². The second-order valence-electron chi connectivity index (χ2n) is 6.96. The van der Waals surface area contributed by atoms with Crippen LogP contribution in [0.3, 0.4) is 0 Å². The third kappa shape index (κ3) is 2.03. The van der Waals surface area contributed by atoms with Crippen LogP contribution in [0.15, 0.2) is 0 Å². The van der Waals surface area contributed by atoms with Crippen LogP contribution < -0.4 is 5.32 Å². The molecule has 0 aromatic carbocycles. The van der Waals surface area contributed by atoms with Crippen molar-refractivity contribution in [1.82, 2.24) is 15.1 Å². The van der Waals surface area contributed by atoms with E-state index in [1.165, 1.54) is 0 Å². The van der Waals surface area contributed by atoms with Crippen molar-refractivity contribution in [3.63, 3.8) is 0 Å². The Labute approximate surface area is 120 Å². The molecule has 4 aliphatic heterocycles. The molecule has 112 valence electrons. The summed E-state index contributed by atoms with van der Waals surface area (Å²) < 4.78 is 0. The Morgan fingerprint density at radius 2 is 1.90 bits per heavy atom. The van der Waals surface area contributed by atoms with Crippen LogP contribution in [0.1, 0.15) is 40.0 Å². The first-order valence-electron chi connectivity index (χ1n) is 7.81. The van der Waals surface area contributed by atoms with Gasteiger partial charge in [-0.1, -0.05) is 6.92 Å². The molecule has 2 unspecified atom stereocenters. The number of hydrogen-bond donors (Lipinski definition) is 1. The number of piperidine rings is 3. The molecule has 4 aliphatic rings. The highest BCUT2D eigenvalue weighted by Gasteiger charge is 2.50. The lowest BCUT2D eigenvalue weighted by molar-refractivity contribution is -0.161. The van der Waals surface area contributed by atoms with Crippen molar-refractivity contribution in [2.24, 2.45) is 5.92 Å². The molecular formula is C15H25N3O2. The molecule has 5 nitrogen and oxygen atoms in total. The summed E-state index contributed by atoms with van der Waals surface area (Å²) in [6.45, 7) is 8.85. The van der Waals surface area contributed by atoms with Gasteiger partial charge >= 0.3 is 0 Å². The third-order valence-corrected chi connectivity index (χ3v) is 5.21. The molecule has 5 heteroatoms. The monoisotopic (exact) mass is 279 g/mol. The number of nitrogens with zero attached hydrogens (tertiary/aromatic N) is 2. The van der Waals surface area contributed by atoms with E-state index in [1.807, 2.05) is 25.7 Å². The summed E-state index contributed by atoms with van der Waals surface area (Å²) in [6.07, 6.45) is 3.01. The molecule has 0 radical (unpaired) electrons. The Kier molecular flexibility index (Phi) is 3.27. The molecule has 0 aromatic rings. The highest BCUT2D eigenvalue weighted by Crippen LogP contribution is 2.34. The van der Waals surface area contributed by atoms with Gasteiger partial charge in [0.2, 0.25) is 11.8 Å². The highest BCUT2D eigenvalue weighted by molar-refractivity contribution is 5.99. The van der Waals surface area contributed by atoms with Crippen LogP contribution in [0.25, 0.3) is 0 Å². The Bertz CT molecular complexity index is 427. The Morgan fingerprint density at radius 1 is 1.25 bits per heavy atom. The normalized spacial score (nSPS) is 39.9. The first kappa shape index (κ1) is 13.9. The Hall–Kier alpha value is -1.10. The molecule has 0 aliphatic carbocycles. The van der Waals surface area contributed by atoms with E-state index in [0.29, 0.717) is 12.3 Å². The molecule has 0 saturated carbocycles. The van der Waals surface area contributed by atoms with Gasteiger partial charge in [0.25, 0.3) is 0 Å². The molecule has 0 aromatic heterocycles. The lowest BCUT2D eigenvalue weighted by atomic mass is 9.80. The fourth-order valence-corrected chi connectivity index (χ4v) is 4.05. The minimum atomic E-state index is -0.769. The molecule has 2 atom stereocenters. The molecule has 4 heterocycles. The molecule has 4 fully saturated rings. The molecule has 4 rings (SSSR count). The third-order valence-electron chi connectivity index (χ3n) is 5.21. The molecule has 20 heavy (non-hydrogen) atoms. The second kappa shape index (κ2) is 4.72. The summed E-state index contributed by atoms with van der Waals surface area (Å²) in [5, 5.41) is 2.88. The average molecular weight is 279 g/mol. The van der Waals surface area contributed by atoms with E-state index in [-0.39, 0.29) is 23.9 Å². The van der Waals surface area contributed by atoms with Crippen molar-refractivity contribution in [2.45, 2.75) is 57.7 Å². The molecule has 0 spiro atoms. The highest BCUT2D eigenvalue weighted by atomic mass is 16.2. The minimum absolute atomic E-state index is 0.00791. The Morgan fingerprint density at radius 3 is 2.40 bits per heavy atom. The SMILES string of the molecule is CCC1C(=O)NC(C)(C)C(=O)N1C1CN2CCC1CC2. The van der Waals surface area contributed by atoms with E-state index in [0.717, 1.165) is 32.5 Å². The number of amides is 2. The van der Waals surface area contributed by atoms with Crippen molar-refractivity contribution in [2.75, 3.05) is 19.6 Å². The summed E-state index contributed by atoms with van der Waals surface area (Å²) in [6, 6.07) is -0.0682. The Balaban J connectivity index is 1.91. The van der Waals surface area contributed by atoms with Crippen molar-refractivity contribution in [3.8, 4) is 0 Å². The van der Waals surface area contributed by atoms with Crippen LogP contribution in [0, 0.1) is 5.92 Å². The fraction of sp³-hybridized carbons (Fsp3) is 0.867. The predicted molar refractivity (Wildman–Crippen MR) is 76.1 cm³/mol. The zero-order valence-corrected chi connectivity index (χ0v) is 12.7. The van der Waals surface area contributed by atoms with Crippen molar-refractivity contribution >= 4 is 11.8 Å². The van der Waals surface area contributed by atoms with Gasteiger partial charge in [0.05, 0.1) is 0 Å². The number of piperazine rings is 1. The number of rotatable bonds is 2. The van der Waals surface area contributed by atoms with E-state index < -0.39 is 5.54 Å². The predicted octanol–water partition coefficient (Wildman–Crippen LogP) is 0.596. The molecule has 2 amide bonds. The number of carbonyl (C=O) groups is 2. The van der Waals surface area contributed by atoms with Gasteiger partial charge in [0.15, 0.2) is 0 Å². The molecule has 4 saturated heterocycles. The van der Waals surface area contributed by atoms with Crippen molar-refractivity contribution in [1.29, 1.82) is 0 Å². The van der Waals surface area contributed by atoms with Crippen LogP contribution in [0.2, 0.25) is 0 Å². The average Bonchev–Trinajstić information content (AvgIpc) is 2.43. The van der Waals surface area contributed by atoms with Crippen LogP contribution >= 0.6 is 0 Å². The first-order chi connectivity index (χ1) is 9.44. The minimum Gasteiger partial charge on any atom is -0.340 e. The van der Waals surface area contributed by atoms with E-state index in [9.17, 15) is 9.59 Å². The maximum Gasteiger partial charge on any atom is 0.248 e. The van der Waals surface area contributed by atoms with Crippen molar-refractivity contribution < 1.29 is 9.59 Å². The zero-order valence-electron chi connectivity index (χ0n) is 12.7. The topological polar surface area (TPSA) is 52.7 Å². The summed E-state index contributed by atoms with van der Waals surface area (Å²) in [4.78, 5) is 29.5. The van der Waals surface area contributed by atoms with Gasteiger partial charge in [-0.15, -0.1) is 0 Å². The molecular weight excluding hydrogens is 254 g/mol. The van der Waals surface area contributed by atoms with E-state index in [2.05, 4.69) is 10.2 Å². The first-order valence-corrected chi connectivity index (χ1v) is 7.81. The van der Waals surface area contributed by atoms with E-state index >= 15 is 0 Å². The molecule has 1 N–H and O–H groups in total. The van der Waals surface area contributed by atoms with Gasteiger partial charge in [-0.05, 0) is 52.1 Å². The van der Waals surface area contributed by atoms with Gasteiger partial charge < -0.3 is 15.1 Å². The largest absolute Gasteiger partial charge is 0.340 e. The fourth-order valence-electron chi connectivity index (χ4n) is 4.05. The maximum atomic E-state index is 12.8.